The van der Waals surface area contributed by atoms with Gasteiger partial charge in [-0.1, -0.05) is 18.2 Å². The van der Waals surface area contributed by atoms with Crippen molar-refractivity contribution in [3.8, 4) is 11.1 Å². The number of hydrogen-bond acceptors (Lipinski definition) is 3. The molecule has 3 nitrogen and oxygen atoms in total. The maximum absolute atomic E-state index is 5.57. The summed E-state index contributed by atoms with van der Waals surface area (Å²) in [5.41, 5.74) is 8.80. The number of benzene rings is 1. The molecule has 0 aliphatic heterocycles. The van der Waals surface area contributed by atoms with Gasteiger partial charge in [-0.25, -0.2) is 9.97 Å². The van der Waals surface area contributed by atoms with E-state index in [2.05, 4.69) is 16.0 Å². The highest BCUT2D eigenvalue weighted by Crippen LogP contribution is 2.17. The number of halogens is 2. The Morgan fingerprint density at radius 3 is 2.31 bits per heavy atom. The first kappa shape index (κ1) is 14.8. The Bertz CT molecular complexity index is 421. The van der Waals surface area contributed by atoms with Crippen molar-refractivity contribution in [3.05, 3.63) is 48.5 Å². The molecule has 0 amide bonds. The molecule has 2 aromatic rings. The molecule has 0 fully saturated rings. The lowest BCUT2D eigenvalue weighted by molar-refractivity contribution is 1.07. The second-order valence-electron chi connectivity index (χ2n) is 3.03. The van der Waals surface area contributed by atoms with E-state index in [-0.39, 0.29) is 24.8 Å². The van der Waals surface area contributed by atoms with E-state index < -0.39 is 0 Å². The van der Waals surface area contributed by atoms with Crippen molar-refractivity contribution in [3.63, 3.8) is 0 Å². The zero-order valence-electron chi connectivity index (χ0n) is 8.54. The summed E-state index contributed by atoms with van der Waals surface area (Å²) in [4.78, 5) is 7.95. The van der Waals surface area contributed by atoms with Crippen LogP contribution >= 0.6 is 24.8 Å². The monoisotopic (exact) mass is 257 g/mol. The first-order chi connectivity index (χ1) is 6.90. The average molecular weight is 258 g/mol. The molecule has 0 aliphatic rings. The third kappa shape index (κ3) is 3.45. The third-order valence-corrected chi connectivity index (χ3v) is 2.06. The van der Waals surface area contributed by atoms with Crippen molar-refractivity contribution in [1.29, 1.82) is 0 Å². The van der Waals surface area contributed by atoms with E-state index >= 15 is 0 Å². The molecule has 0 bridgehead atoms. The van der Waals surface area contributed by atoms with Crippen molar-refractivity contribution in [2.24, 2.45) is 5.73 Å². The summed E-state index contributed by atoms with van der Waals surface area (Å²) in [7, 11) is 0. The average Bonchev–Trinajstić information content (AvgIpc) is 2.30. The minimum Gasteiger partial charge on any atom is -0.326 e. The zero-order valence-corrected chi connectivity index (χ0v) is 10.2. The van der Waals surface area contributed by atoms with Gasteiger partial charge in [0.25, 0.3) is 0 Å². The summed E-state index contributed by atoms with van der Waals surface area (Å²) < 4.78 is 0. The van der Waals surface area contributed by atoms with Gasteiger partial charge in [-0.3, -0.25) is 0 Å². The van der Waals surface area contributed by atoms with E-state index in [1.165, 1.54) is 6.33 Å². The second-order valence-corrected chi connectivity index (χ2v) is 3.03. The molecule has 0 spiro atoms. The lowest BCUT2D eigenvalue weighted by Crippen LogP contribution is -1.95. The Balaban J connectivity index is 0.00000112. The van der Waals surface area contributed by atoms with E-state index in [4.69, 9.17) is 5.73 Å². The molecule has 1 aromatic heterocycles. The molecule has 0 saturated heterocycles. The Morgan fingerprint density at radius 1 is 1.00 bits per heavy atom. The number of aromatic nitrogens is 2. The minimum absolute atomic E-state index is 0. The maximum atomic E-state index is 5.57. The molecule has 1 heterocycles. The molecule has 2 N–H and O–H groups in total. The van der Waals surface area contributed by atoms with Crippen LogP contribution < -0.4 is 5.73 Å². The molecule has 0 aliphatic carbocycles. The number of hydrogen-bond donors (Lipinski definition) is 1. The van der Waals surface area contributed by atoms with Crippen LogP contribution in [0.2, 0.25) is 0 Å². The molecule has 0 saturated carbocycles. The summed E-state index contributed by atoms with van der Waals surface area (Å²) in [5.74, 6) is 0. The minimum atomic E-state index is 0. The summed E-state index contributed by atoms with van der Waals surface area (Å²) in [6, 6.07) is 8.08. The van der Waals surface area contributed by atoms with Crippen molar-refractivity contribution in [2.75, 3.05) is 0 Å². The molecular formula is C11H13Cl2N3. The van der Waals surface area contributed by atoms with Crippen LogP contribution in [0.5, 0.6) is 0 Å². The van der Waals surface area contributed by atoms with Gasteiger partial charge in [0.15, 0.2) is 0 Å². The highest BCUT2D eigenvalue weighted by Gasteiger charge is 1.97. The predicted molar refractivity (Wildman–Crippen MR) is 69.9 cm³/mol. The fraction of sp³-hybridized carbons (Fsp3) is 0.0909. The lowest BCUT2D eigenvalue weighted by Gasteiger charge is -2.02. The summed E-state index contributed by atoms with van der Waals surface area (Å²) in [5, 5.41) is 0. The van der Waals surface area contributed by atoms with Gasteiger partial charge in [-0.15, -0.1) is 24.8 Å². The second kappa shape index (κ2) is 7.17. The first-order valence-corrected chi connectivity index (χ1v) is 4.44. The number of rotatable bonds is 2. The Hall–Kier alpha value is -1.16. The molecule has 1 aromatic carbocycles. The van der Waals surface area contributed by atoms with Gasteiger partial charge >= 0.3 is 0 Å². The maximum Gasteiger partial charge on any atom is 0.115 e. The molecule has 5 heteroatoms. The molecule has 86 valence electrons. The summed E-state index contributed by atoms with van der Waals surface area (Å²) >= 11 is 0. The number of nitrogens with two attached hydrogens (primary N) is 1. The van der Waals surface area contributed by atoms with Crippen LogP contribution in [0.25, 0.3) is 11.1 Å². The SMILES string of the molecule is Cl.Cl.NCc1cccc(-c2cncnc2)c1. The van der Waals surface area contributed by atoms with Gasteiger partial charge in [0, 0.05) is 24.5 Å². The van der Waals surface area contributed by atoms with E-state index in [0.29, 0.717) is 6.54 Å². The van der Waals surface area contributed by atoms with Crippen molar-refractivity contribution in [1.82, 2.24) is 9.97 Å². The van der Waals surface area contributed by atoms with Crippen LogP contribution in [0.1, 0.15) is 5.56 Å². The van der Waals surface area contributed by atoms with Gasteiger partial charge in [0.2, 0.25) is 0 Å². The smallest absolute Gasteiger partial charge is 0.115 e. The molecule has 2 rings (SSSR count). The summed E-state index contributed by atoms with van der Waals surface area (Å²) in [6.07, 6.45) is 5.11. The van der Waals surface area contributed by atoms with E-state index in [0.717, 1.165) is 16.7 Å². The number of nitrogens with zero attached hydrogens (tertiary/aromatic N) is 2. The van der Waals surface area contributed by atoms with Crippen LogP contribution in [0.4, 0.5) is 0 Å². The largest absolute Gasteiger partial charge is 0.326 e. The third-order valence-electron chi connectivity index (χ3n) is 2.06. The van der Waals surface area contributed by atoms with Crippen molar-refractivity contribution in [2.45, 2.75) is 6.54 Å². The Labute approximate surface area is 107 Å². The highest BCUT2D eigenvalue weighted by molar-refractivity contribution is 5.85. The van der Waals surface area contributed by atoms with Gasteiger partial charge in [-0.05, 0) is 17.2 Å². The standard InChI is InChI=1S/C11H11N3.2ClH/c12-5-9-2-1-3-10(4-9)11-6-13-8-14-7-11;;/h1-4,6-8H,5,12H2;2*1H. The topological polar surface area (TPSA) is 51.8 Å². The zero-order chi connectivity index (χ0) is 9.80. The first-order valence-electron chi connectivity index (χ1n) is 4.44. The quantitative estimate of drug-likeness (QED) is 0.900. The van der Waals surface area contributed by atoms with Crippen molar-refractivity contribution >= 4 is 24.8 Å². The van der Waals surface area contributed by atoms with Crippen LogP contribution in [0, 0.1) is 0 Å². The van der Waals surface area contributed by atoms with E-state index in [1.807, 2.05) is 18.2 Å². The van der Waals surface area contributed by atoms with Crippen LogP contribution in [-0.4, -0.2) is 9.97 Å². The molecular weight excluding hydrogens is 245 g/mol. The van der Waals surface area contributed by atoms with Gasteiger partial charge in [0.05, 0.1) is 0 Å². The fourth-order valence-electron chi connectivity index (χ4n) is 1.33. The van der Waals surface area contributed by atoms with E-state index in [9.17, 15) is 0 Å². The van der Waals surface area contributed by atoms with E-state index in [1.54, 1.807) is 12.4 Å². The Kier molecular flexibility index (Phi) is 6.65. The molecule has 16 heavy (non-hydrogen) atoms. The fourth-order valence-corrected chi connectivity index (χ4v) is 1.33. The normalized spacial score (nSPS) is 8.81. The van der Waals surface area contributed by atoms with Crippen LogP contribution in [-0.2, 0) is 6.54 Å². The van der Waals surface area contributed by atoms with Crippen molar-refractivity contribution < 1.29 is 0 Å². The predicted octanol–water partition coefficient (Wildman–Crippen LogP) is 2.45. The van der Waals surface area contributed by atoms with Crippen LogP contribution in [0.15, 0.2) is 43.0 Å². The highest BCUT2D eigenvalue weighted by atomic mass is 35.5. The summed E-state index contributed by atoms with van der Waals surface area (Å²) in [6.45, 7) is 0.557. The van der Waals surface area contributed by atoms with Gasteiger partial charge in [0.1, 0.15) is 6.33 Å². The Morgan fingerprint density at radius 2 is 1.69 bits per heavy atom. The lowest BCUT2D eigenvalue weighted by atomic mass is 10.1. The van der Waals surface area contributed by atoms with Gasteiger partial charge in [-0.2, -0.15) is 0 Å². The molecule has 0 atom stereocenters. The molecule has 0 unspecified atom stereocenters. The van der Waals surface area contributed by atoms with Crippen LogP contribution in [0.3, 0.4) is 0 Å². The molecule has 0 radical (unpaired) electrons. The van der Waals surface area contributed by atoms with Gasteiger partial charge < -0.3 is 5.73 Å².